The molecule has 0 saturated carbocycles. The van der Waals surface area contributed by atoms with Gasteiger partial charge in [0, 0.05) is 19.4 Å². The molecular weight excluding hydrogens is 178 g/mol. The molecule has 0 aromatic carbocycles. The van der Waals surface area contributed by atoms with E-state index in [1.54, 1.807) is 24.3 Å². The highest BCUT2D eigenvalue weighted by Crippen LogP contribution is 2.29. The molecule has 2 N–H and O–H groups in total. The first-order valence-corrected chi connectivity index (χ1v) is 4.62. The zero-order valence-corrected chi connectivity index (χ0v) is 8.05. The summed E-state index contributed by atoms with van der Waals surface area (Å²) in [6.45, 7) is 0. The molecule has 1 aromatic rings. The Bertz CT molecular complexity index is 338. The van der Waals surface area contributed by atoms with Crippen molar-refractivity contribution in [2.45, 2.75) is 18.5 Å². The molecule has 0 spiro atoms. The van der Waals surface area contributed by atoms with Crippen LogP contribution in [0.1, 0.15) is 18.0 Å². The van der Waals surface area contributed by atoms with E-state index in [0.717, 1.165) is 5.56 Å². The second-order valence-corrected chi connectivity index (χ2v) is 3.59. The highest BCUT2D eigenvalue weighted by molar-refractivity contribution is 5.84. The maximum atomic E-state index is 11.5. The van der Waals surface area contributed by atoms with Crippen molar-refractivity contribution in [2.75, 3.05) is 7.05 Å². The summed E-state index contributed by atoms with van der Waals surface area (Å²) in [5, 5.41) is 0. The van der Waals surface area contributed by atoms with E-state index in [1.807, 2.05) is 12.1 Å². The quantitative estimate of drug-likeness (QED) is 0.695. The fraction of sp³-hybridized carbons (Fsp3) is 0.400. The monoisotopic (exact) mass is 191 g/mol. The minimum Gasteiger partial charge on any atom is -0.337 e. The van der Waals surface area contributed by atoms with Gasteiger partial charge in [-0.1, -0.05) is 6.07 Å². The van der Waals surface area contributed by atoms with Crippen LogP contribution in [0.4, 0.5) is 0 Å². The maximum absolute atomic E-state index is 11.5. The normalized spacial score (nSPS) is 27.0. The largest absolute Gasteiger partial charge is 0.337 e. The molecule has 74 valence electrons. The molecule has 1 fully saturated rings. The van der Waals surface area contributed by atoms with Gasteiger partial charge in [-0.3, -0.25) is 9.78 Å². The summed E-state index contributed by atoms with van der Waals surface area (Å²) in [6, 6.07) is 3.58. The fourth-order valence-corrected chi connectivity index (χ4v) is 1.85. The zero-order valence-electron chi connectivity index (χ0n) is 8.05. The average molecular weight is 191 g/mol. The standard InChI is InChI=1S/C10H13N3O/c1-13-9(5-8(11)10(13)14)7-3-2-4-12-6-7/h2-4,6,8-9H,5,11H2,1H3. The van der Waals surface area contributed by atoms with Crippen LogP contribution in [0.15, 0.2) is 24.5 Å². The fourth-order valence-electron chi connectivity index (χ4n) is 1.85. The Hall–Kier alpha value is -1.42. The number of nitrogens with zero attached hydrogens (tertiary/aromatic N) is 2. The third-order valence-corrected chi connectivity index (χ3v) is 2.68. The lowest BCUT2D eigenvalue weighted by molar-refractivity contribution is -0.128. The smallest absolute Gasteiger partial charge is 0.239 e. The Morgan fingerprint density at radius 1 is 1.64 bits per heavy atom. The van der Waals surface area contributed by atoms with E-state index in [1.165, 1.54) is 0 Å². The van der Waals surface area contributed by atoms with Crippen LogP contribution < -0.4 is 5.73 Å². The predicted molar refractivity (Wildman–Crippen MR) is 52.3 cm³/mol. The molecule has 1 aliphatic rings. The van der Waals surface area contributed by atoms with Crippen molar-refractivity contribution >= 4 is 5.91 Å². The Morgan fingerprint density at radius 2 is 2.43 bits per heavy atom. The van der Waals surface area contributed by atoms with Gasteiger partial charge in [0.05, 0.1) is 12.1 Å². The second-order valence-electron chi connectivity index (χ2n) is 3.59. The van der Waals surface area contributed by atoms with Crippen LogP contribution in [0.2, 0.25) is 0 Å². The van der Waals surface area contributed by atoms with Gasteiger partial charge in [0.2, 0.25) is 5.91 Å². The number of pyridine rings is 1. The van der Waals surface area contributed by atoms with Crippen LogP contribution in [0, 0.1) is 0 Å². The number of aromatic nitrogens is 1. The van der Waals surface area contributed by atoms with Crippen molar-refractivity contribution in [2.24, 2.45) is 5.73 Å². The van der Waals surface area contributed by atoms with E-state index in [0.29, 0.717) is 6.42 Å². The van der Waals surface area contributed by atoms with E-state index >= 15 is 0 Å². The molecule has 4 nitrogen and oxygen atoms in total. The van der Waals surface area contributed by atoms with Crippen molar-refractivity contribution < 1.29 is 4.79 Å². The molecule has 0 aliphatic carbocycles. The average Bonchev–Trinajstić information content (AvgIpc) is 2.47. The molecule has 2 unspecified atom stereocenters. The second kappa shape index (κ2) is 3.38. The number of carbonyl (C=O) groups is 1. The summed E-state index contributed by atoms with van der Waals surface area (Å²) in [6.07, 6.45) is 4.19. The van der Waals surface area contributed by atoms with Gasteiger partial charge in [0.1, 0.15) is 0 Å². The van der Waals surface area contributed by atoms with E-state index in [-0.39, 0.29) is 18.0 Å². The Kier molecular flexibility index (Phi) is 2.21. The summed E-state index contributed by atoms with van der Waals surface area (Å²) < 4.78 is 0. The van der Waals surface area contributed by atoms with Gasteiger partial charge in [-0.25, -0.2) is 0 Å². The topological polar surface area (TPSA) is 59.2 Å². The molecule has 0 radical (unpaired) electrons. The first-order valence-electron chi connectivity index (χ1n) is 4.62. The lowest BCUT2D eigenvalue weighted by atomic mass is 10.1. The third kappa shape index (κ3) is 1.37. The summed E-state index contributed by atoms with van der Waals surface area (Å²) in [5.74, 6) is 0.0128. The van der Waals surface area contributed by atoms with Crippen molar-refractivity contribution in [3.05, 3.63) is 30.1 Å². The number of likely N-dealkylation sites (tertiary alicyclic amines) is 1. The number of nitrogens with two attached hydrogens (primary N) is 1. The lowest BCUT2D eigenvalue weighted by Gasteiger charge is -2.19. The first-order chi connectivity index (χ1) is 6.70. The Balaban J connectivity index is 2.26. The summed E-state index contributed by atoms with van der Waals surface area (Å²) >= 11 is 0. The van der Waals surface area contributed by atoms with Gasteiger partial charge in [-0.15, -0.1) is 0 Å². The minimum atomic E-state index is -0.356. The molecular formula is C10H13N3O. The number of likely N-dealkylation sites (N-methyl/N-ethyl adjacent to an activating group) is 1. The van der Waals surface area contributed by atoms with E-state index in [2.05, 4.69) is 4.98 Å². The van der Waals surface area contributed by atoms with Gasteiger partial charge >= 0.3 is 0 Å². The molecule has 0 bridgehead atoms. The number of hydrogen-bond donors (Lipinski definition) is 1. The summed E-state index contributed by atoms with van der Waals surface area (Å²) in [7, 11) is 1.78. The Labute approximate surface area is 82.7 Å². The van der Waals surface area contributed by atoms with Crippen molar-refractivity contribution in [1.82, 2.24) is 9.88 Å². The van der Waals surface area contributed by atoms with Gasteiger partial charge in [0.25, 0.3) is 0 Å². The SMILES string of the molecule is CN1C(=O)C(N)CC1c1cccnc1. The number of amides is 1. The van der Waals surface area contributed by atoms with E-state index < -0.39 is 0 Å². The number of rotatable bonds is 1. The molecule has 2 rings (SSSR count). The van der Waals surface area contributed by atoms with Crippen LogP contribution in [0.25, 0.3) is 0 Å². The molecule has 4 heteroatoms. The lowest BCUT2D eigenvalue weighted by Crippen LogP contribution is -2.31. The van der Waals surface area contributed by atoms with Crippen LogP contribution in [-0.4, -0.2) is 28.9 Å². The number of hydrogen-bond acceptors (Lipinski definition) is 3. The molecule has 2 heterocycles. The first kappa shape index (κ1) is 9.15. The molecule has 1 amide bonds. The van der Waals surface area contributed by atoms with Crippen molar-refractivity contribution in [3.8, 4) is 0 Å². The van der Waals surface area contributed by atoms with Gasteiger partial charge in [-0.05, 0) is 18.1 Å². The van der Waals surface area contributed by atoms with Crippen LogP contribution >= 0.6 is 0 Å². The maximum Gasteiger partial charge on any atom is 0.239 e. The van der Waals surface area contributed by atoms with Gasteiger partial charge < -0.3 is 10.6 Å². The van der Waals surface area contributed by atoms with Gasteiger partial charge in [0.15, 0.2) is 0 Å². The number of carbonyl (C=O) groups excluding carboxylic acids is 1. The van der Waals surface area contributed by atoms with Crippen LogP contribution in [0.3, 0.4) is 0 Å². The summed E-state index contributed by atoms with van der Waals surface area (Å²) in [5.41, 5.74) is 6.74. The highest BCUT2D eigenvalue weighted by atomic mass is 16.2. The molecule has 1 aliphatic heterocycles. The zero-order chi connectivity index (χ0) is 10.1. The van der Waals surface area contributed by atoms with Gasteiger partial charge in [-0.2, -0.15) is 0 Å². The van der Waals surface area contributed by atoms with E-state index in [9.17, 15) is 4.79 Å². The van der Waals surface area contributed by atoms with E-state index in [4.69, 9.17) is 5.73 Å². The van der Waals surface area contributed by atoms with Crippen LogP contribution in [0.5, 0.6) is 0 Å². The minimum absolute atomic E-state index is 0.0128. The van der Waals surface area contributed by atoms with Crippen LogP contribution in [-0.2, 0) is 4.79 Å². The Morgan fingerprint density at radius 3 is 2.93 bits per heavy atom. The summed E-state index contributed by atoms with van der Waals surface area (Å²) in [4.78, 5) is 17.2. The van der Waals surface area contributed by atoms with Crippen molar-refractivity contribution in [1.29, 1.82) is 0 Å². The highest BCUT2D eigenvalue weighted by Gasteiger charge is 2.35. The molecule has 14 heavy (non-hydrogen) atoms. The predicted octanol–water partition coefficient (Wildman–Crippen LogP) is 0.312. The molecule has 2 atom stereocenters. The molecule has 1 aromatic heterocycles. The molecule has 1 saturated heterocycles. The third-order valence-electron chi connectivity index (χ3n) is 2.68. The van der Waals surface area contributed by atoms with Crippen molar-refractivity contribution in [3.63, 3.8) is 0 Å².